The van der Waals surface area contributed by atoms with E-state index in [2.05, 4.69) is 17.2 Å². The lowest BCUT2D eigenvalue weighted by molar-refractivity contribution is -0.148. The minimum absolute atomic E-state index is 0.246. The van der Waals surface area contributed by atoms with Crippen molar-refractivity contribution < 1.29 is 24.7 Å². The first-order valence-corrected chi connectivity index (χ1v) is 9.50. The van der Waals surface area contributed by atoms with Crippen LogP contribution in [0.15, 0.2) is 48.5 Å². The second kappa shape index (κ2) is 9.89. The van der Waals surface area contributed by atoms with Crippen LogP contribution in [0.25, 0.3) is 0 Å². The Balaban J connectivity index is 2.21. The maximum Gasteiger partial charge on any atom is 0.278 e. The number of rotatable bonds is 5. The van der Waals surface area contributed by atoms with Gasteiger partial charge in [-0.1, -0.05) is 24.0 Å². The van der Waals surface area contributed by atoms with Gasteiger partial charge in [0.1, 0.15) is 0 Å². The van der Waals surface area contributed by atoms with Crippen molar-refractivity contribution in [3.05, 3.63) is 70.8 Å². The second-order valence-corrected chi connectivity index (χ2v) is 7.08. The predicted molar refractivity (Wildman–Crippen MR) is 114 cm³/mol. The molecular weight excluding hydrogens is 398 g/mol. The summed E-state index contributed by atoms with van der Waals surface area (Å²) in [4.78, 5) is 38.1. The predicted octanol–water partition coefficient (Wildman–Crippen LogP) is 1.22. The quantitative estimate of drug-likeness (QED) is 0.250. The lowest BCUT2D eigenvalue weighted by Crippen LogP contribution is -2.64. The molecule has 2 aromatic carbocycles. The van der Waals surface area contributed by atoms with Crippen LogP contribution in [0.5, 0.6) is 0 Å². The summed E-state index contributed by atoms with van der Waals surface area (Å²) in [5.74, 6) is 3.63. The van der Waals surface area contributed by atoms with Crippen LogP contribution in [0.1, 0.15) is 47.0 Å². The number of hydrogen-bond donors (Lipinski definition) is 4. The fourth-order valence-corrected chi connectivity index (χ4v) is 2.84. The highest BCUT2D eigenvalue weighted by Crippen LogP contribution is 2.18. The fraction of sp³-hybridized carbons (Fsp3) is 0.261. The number of hydrogen-bond acceptors (Lipinski definition) is 5. The molecule has 0 saturated heterocycles. The van der Waals surface area contributed by atoms with E-state index in [-0.39, 0.29) is 5.56 Å². The lowest BCUT2D eigenvalue weighted by Gasteiger charge is -2.34. The van der Waals surface area contributed by atoms with Gasteiger partial charge in [0.15, 0.2) is 5.54 Å². The Hall–Kier alpha value is -3.67. The summed E-state index contributed by atoms with van der Waals surface area (Å²) in [6.45, 7) is 2.92. The molecule has 0 fully saturated rings. The first-order valence-electron chi connectivity index (χ1n) is 9.50. The summed E-state index contributed by atoms with van der Waals surface area (Å²) < 4.78 is 0. The van der Waals surface area contributed by atoms with Gasteiger partial charge in [0.05, 0.1) is 6.10 Å². The number of nitrogens with one attached hydrogen (secondary N) is 2. The molecule has 3 amide bonds. The molecule has 2 rings (SSSR count). The van der Waals surface area contributed by atoms with Crippen molar-refractivity contribution >= 4 is 17.7 Å². The number of benzene rings is 2. The summed E-state index contributed by atoms with van der Waals surface area (Å²) in [6, 6.07) is 13.6. The van der Waals surface area contributed by atoms with Gasteiger partial charge in [-0.05, 0) is 55.8 Å². The topological polar surface area (TPSA) is 119 Å². The number of aliphatic hydroxyl groups excluding tert-OH is 1. The minimum atomic E-state index is -1.95. The molecule has 8 nitrogen and oxygen atoms in total. The molecule has 4 N–H and O–H groups in total. The van der Waals surface area contributed by atoms with Gasteiger partial charge in [0, 0.05) is 30.8 Å². The molecule has 0 spiro atoms. The number of carbonyl (C=O) groups is 3. The van der Waals surface area contributed by atoms with Crippen molar-refractivity contribution in [3.8, 4) is 11.8 Å². The summed E-state index contributed by atoms with van der Waals surface area (Å²) in [5.41, 5.74) is 1.98. The van der Waals surface area contributed by atoms with E-state index in [0.717, 1.165) is 16.0 Å². The third-order valence-electron chi connectivity index (χ3n) is 5.06. The van der Waals surface area contributed by atoms with E-state index in [1.807, 2.05) is 12.1 Å². The minimum Gasteiger partial charge on any atom is -0.389 e. The van der Waals surface area contributed by atoms with Gasteiger partial charge in [-0.3, -0.25) is 19.6 Å². The summed E-state index contributed by atoms with van der Waals surface area (Å²) in [5, 5.41) is 20.9. The Kier molecular flexibility index (Phi) is 7.53. The van der Waals surface area contributed by atoms with Gasteiger partial charge in [-0.25, -0.2) is 5.48 Å². The number of carbonyl (C=O) groups excluding carboxylic acids is 3. The first kappa shape index (κ1) is 23.6. The molecule has 0 unspecified atom stereocenters. The van der Waals surface area contributed by atoms with Crippen LogP contribution in [0.4, 0.5) is 0 Å². The molecule has 0 aliphatic rings. The van der Waals surface area contributed by atoms with Gasteiger partial charge in [0.25, 0.3) is 17.7 Å². The highest BCUT2D eigenvalue weighted by Gasteiger charge is 2.47. The molecule has 2 aromatic rings. The van der Waals surface area contributed by atoms with Gasteiger partial charge >= 0.3 is 0 Å². The summed E-state index contributed by atoms with van der Waals surface area (Å²) >= 11 is 0. The zero-order valence-corrected chi connectivity index (χ0v) is 17.8. The van der Waals surface area contributed by atoms with Crippen LogP contribution in [-0.2, 0) is 9.59 Å². The van der Waals surface area contributed by atoms with E-state index in [1.165, 1.54) is 26.5 Å². The van der Waals surface area contributed by atoms with Crippen molar-refractivity contribution in [1.29, 1.82) is 0 Å². The SMILES string of the molecule is CNC(=O)[C@@](C)(C(=O)NO)N(C)C(=O)c1ccc(C#Cc2ccc([C@@H](C)O)cc2)cc1. The number of likely N-dealkylation sites (N-methyl/N-ethyl adjacent to an activating group) is 2. The standard InChI is InChI=1S/C23H25N3O5/c1-15(27)18-11-7-16(8-12-18)5-6-17-9-13-19(14-10-17)20(28)26(4)23(2,21(29)24-3)22(30)25-31/h7-15,27,31H,1-4H3,(H,24,29)(H,25,30)/t15-,23+/m1/s1. The molecule has 0 aliphatic heterocycles. The average molecular weight is 423 g/mol. The molecular formula is C23H25N3O5. The molecule has 0 heterocycles. The van der Waals surface area contributed by atoms with Crippen LogP contribution in [0.3, 0.4) is 0 Å². The largest absolute Gasteiger partial charge is 0.389 e. The molecule has 162 valence electrons. The Morgan fingerprint density at radius 1 is 0.968 bits per heavy atom. The van der Waals surface area contributed by atoms with E-state index in [1.54, 1.807) is 43.3 Å². The number of aliphatic hydroxyl groups is 1. The van der Waals surface area contributed by atoms with Crippen molar-refractivity contribution in [2.75, 3.05) is 14.1 Å². The maximum atomic E-state index is 12.8. The smallest absolute Gasteiger partial charge is 0.278 e. The van der Waals surface area contributed by atoms with Crippen molar-refractivity contribution in [3.63, 3.8) is 0 Å². The summed E-state index contributed by atoms with van der Waals surface area (Å²) in [6.07, 6.45) is -0.543. The average Bonchev–Trinajstić information content (AvgIpc) is 2.80. The van der Waals surface area contributed by atoms with Crippen LogP contribution < -0.4 is 10.8 Å². The molecule has 2 atom stereocenters. The highest BCUT2D eigenvalue weighted by atomic mass is 16.5. The molecule has 0 radical (unpaired) electrons. The maximum absolute atomic E-state index is 12.8. The van der Waals surface area contributed by atoms with E-state index in [4.69, 9.17) is 5.21 Å². The number of hydroxylamine groups is 1. The third-order valence-corrected chi connectivity index (χ3v) is 5.06. The lowest BCUT2D eigenvalue weighted by atomic mass is 9.96. The van der Waals surface area contributed by atoms with Crippen molar-refractivity contribution in [2.45, 2.75) is 25.5 Å². The van der Waals surface area contributed by atoms with Gasteiger partial charge < -0.3 is 15.3 Å². The normalized spacial score (nSPS) is 13.1. The molecule has 0 bridgehead atoms. The van der Waals surface area contributed by atoms with E-state index < -0.39 is 29.4 Å². The highest BCUT2D eigenvalue weighted by molar-refractivity contribution is 6.12. The Labute approximate surface area is 180 Å². The third kappa shape index (κ3) is 5.09. The Morgan fingerprint density at radius 2 is 1.45 bits per heavy atom. The molecule has 0 aromatic heterocycles. The van der Waals surface area contributed by atoms with Gasteiger partial charge in [0.2, 0.25) is 0 Å². The monoisotopic (exact) mass is 423 g/mol. The number of amides is 3. The molecule has 31 heavy (non-hydrogen) atoms. The van der Waals surface area contributed by atoms with Gasteiger partial charge in [-0.15, -0.1) is 0 Å². The fourth-order valence-electron chi connectivity index (χ4n) is 2.84. The van der Waals surface area contributed by atoms with E-state index in [9.17, 15) is 19.5 Å². The van der Waals surface area contributed by atoms with E-state index >= 15 is 0 Å². The molecule has 0 saturated carbocycles. The van der Waals surface area contributed by atoms with Crippen LogP contribution in [-0.4, -0.2) is 52.6 Å². The van der Waals surface area contributed by atoms with Crippen LogP contribution >= 0.6 is 0 Å². The zero-order chi connectivity index (χ0) is 23.2. The second-order valence-electron chi connectivity index (χ2n) is 7.08. The summed E-state index contributed by atoms with van der Waals surface area (Å²) in [7, 11) is 2.63. The Bertz CT molecular complexity index is 1000. The van der Waals surface area contributed by atoms with Crippen LogP contribution in [0, 0.1) is 11.8 Å². The first-order chi connectivity index (χ1) is 14.6. The van der Waals surface area contributed by atoms with Gasteiger partial charge in [-0.2, -0.15) is 0 Å². The van der Waals surface area contributed by atoms with E-state index in [0.29, 0.717) is 5.56 Å². The van der Waals surface area contributed by atoms with Crippen molar-refractivity contribution in [1.82, 2.24) is 15.7 Å². The Morgan fingerprint density at radius 3 is 1.87 bits per heavy atom. The number of nitrogens with zero attached hydrogens (tertiary/aromatic N) is 1. The van der Waals surface area contributed by atoms with Crippen molar-refractivity contribution in [2.24, 2.45) is 0 Å². The zero-order valence-electron chi connectivity index (χ0n) is 17.8. The molecule has 0 aliphatic carbocycles. The van der Waals surface area contributed by atoms with Crippen LogP contribution in [0.2, 0.25) is 0 Å². The molecule has 8 heteroatoms.